The van der Waals surface area contributed by atoms with Gasteiger partial charge in [0.15, 0.2) is 0 Å². The minimum atomic E-state index is 0.120. The highest BCUT2D eigenvalue weighted by Gasteiger charge is 2.16. The van der Waals surface area contributed by atoms with Crippen molar-refractivity contribution in [1.29, 1.82) is 0 Å². The van der Waals surface area contributed by atoms with Crippen LogP contribution in [0.25, 0.3) is 0 Å². The van der Waals surface area contributed by atoms with Crippen molar-refractivity contribution in [3.05, 3.63) is 59.2 Å². The van der Waals surface area contributed by atoms with E-state index in [2.05, 4.69) is 53.4 Å². The van der Waals surface area contributed by atoms with E-state index in [1.807, 2.05) is 19.3 Å². The summed E-state index contributed by atoms with van der Waals surface area (Å²) < 4.78 is 0. The lowest BCUT2D eigenvalue weighted by molar-refractivity contribution is 0.581. The van der Waals surface area contributed by atoms with Gasteiger partial charge in [-0.25, -0.2) is 0 Å². The molecule has 100 valence electrons. The quantitative estimate of drug-likeness (QED) is 0.891. The highest BCUT2D eigenvalue weighted by Crippen LogP contribution is 2.22. The van der Waals surface area contributed by atoms with Gasteiger partial charge in [-0.1, -0.05) is 31.2 Å². The zero-order valence-corrected chi connectivity index (χ0v) is 11.9. The number of hydrogen-bond donors (Lipinski definition) is 1. The highest BCUT2D eigenvalue weighted by atomic mass is 14.9. The molecule has 0 radical (unpaired) electrons. The molecular weight excluding hydrogens is 234 g/mol. The lowest BCUT2D eigenvalue weighted by Crippen LogP contribution is -2.25. The highest BCUT2D eigenvalue weighted by molar-refractivity contribution is 5.33. The maximum atomic E-state index is 4.52. The molecule has 0 amide bonds. The Bertz CT molecular complexity index is 520. The van der Waals surface area contributed by atoms with Gasteiger partial charge >= 0.3 is 0 Å². The second kappa shape index (κ2) is 6.43. The van der Waals surface area contributed by atoms with Crippen molar-refractivity contribution in [1.82, 2.24) is 15.3 Å². The first-order chi connectivity index (χ1) is 9.22. The van der Waals surface area contributed by atoms with E-state index < -0.39 is 0 Å². The molecule has 0 fully saturated rings. The van der Waals surface area contributed by atoms with Crippen LogP contribution in [0, 0.1) is 13.8 Å². The van der Waals surface area contributed by atoms with Crippen molar-refractivity contribution in [3.8, 4) is 0 Å². The maximum absolute atomic E-state index is 4.52. The number of benzene rings is 1. The summed E-state index contributed by atoms with van der Waals surface area (Å²) in [7, 11) is 0. The fraction of sp³-hybridized carbons (Fsp3) is 0.375. The van der Waals surface area contributed by atoms with Crippen molar-refractivity contribution >= 4 is 0 Å². The number of rotatable bonds is 5. The van der Waals surface area contributed by atoms with E-state index in [-0.39, 0.29) is 6.04 Å². The summed E-state index contributed by atoms with van der Waals surface area (Å²) in [6.45, 7) is 7.23. The molecular formula is C16H21N3. The Morgan fingerprint density at radius 3 is 2.53 bits per heavy atom. The van der Waals surface area contributed by atoms with Gasteiger partial charge in [-0.05, 0) is 37.9 Å². The Balaban J connectivity index is 2.35. The first-order valence-corrected chi connectivity index (χ1v) is 6.79. The molecule has 0 saturated heterocycles. The number of nitrogens with one attached hydrogen (secondary N) is 1. The summed E-state index contributed by atoms with van der Waals surface area (Å²) in [4.78, 5) is 8.88. The van der Waals surface area contributed by atoms with E-state index in [4.69, 9.17) is 0 Å². The molecule has 2 rings (SSSR count). The Kier molecular flexibility index (Phi) is 4.63. The minimum Gasteiger partial charge on any atom is -0.305 e. The molecule has 3 nitrogen and oxygen atoms in total. The average Bonchev–Trinajstić information content (AvgIpc) is 2.43. The van der Waals surface area contributed by atoms with Gasteiger partial charge in [0.05, 0.1) is 23.6 Å². The Labute approximate surface area is 115 Å². The van der Waals surface area contributed by atoms with Crippen LogP contribution in [0.4, 0.5) is 0 Å². The zero-order chi connectivity index (χ0) is 13.7. The monoisotopic (exact) mass is 255 g/mol. The lowest BCUT2D eigenvalue weighted by atomic mass is 9.99. The topological polar surface area (TPSA) is 37.8 Å². The number of aromatic nitrogens is 2. The second-order valence-corrected chi connectivity index (χ2v) is 4.83. The molecule has 0 aliphatic rings. The molecule has 1 unspecified atom stereocenters. The van der Waals surface area contributed by atoms with E-state index in [0.717, 1.165) is 24.4 Å². The van der Waals surface area contributed by atoms with Crippen LogP contribution < -0.4 is 5.32 Å². The van der Waals surface area contributed by atoms with E-state index >= 15 is 0 Å². The van der Waals surface area contributed by atoms with Crippen LogP contribution in [-0.4, -0.2) is 16.5 Å². The Morgan fingerprint density at radius 1 is 1.11 bits per heavy atom. The second-order valence-electron chi connectivity index (χ2n) is 4.83. The van der Waals surface area contributed by atoms with E-state index in [9.17, 15) is 0 Å². The third-order valence-electron chi connectivity index (χ3n) is 3.19. The van der Waals surface area contributed by atoms with Crippen LogP contribution in [0.5, 0.6) is 0 Å². The SMILES string of the molecule is CCCNC(c1cnc(C)cn1)c1ccccc1C. The molecule has 0 aliphatic heterocycles. The molecule has 0 aliphatic carbocycles. The Hall–Kier alpha value is -1.74. The molecule has 3 heteroatoms. The molecule has 1 heterocycles. The van der Waals surface area contributed by atoms with Gasteiger partial charge in [-0.2, -0.15) is 0 Å². The smallest absolute Gasteiger partial charge is 0.0801 e. The van der Waals surface area contributed by atoms with Crippen LogP contribution in [0.1, 0.15) is 41.9 Å². The molecule has 1 atom stereocenters. The number of hydrogen-bond acceptors (Lipinski definition) is 3. The van der Waals surface area contributed by atoms with Gasteiger partial charge in [0, 0.05) is 6.20 Å². The van der Waals surface area contributed by atoms with Crippen LogP contribution >= 0.6 is 0 Å². The predicted octanol–water partition coefficient (Wildman–Crippen LogP) is 3.18. The van der Waals surface area contributed by atoms with E-state index in [1.165, 1.54) is 11.1 Å². The first kappa shape index (κ1) is 13.7. The van der Waals surface area contributed by atoms with Crippen molar-refractivity contribution in [2.45, 2.75) is 33.2 Å². The summed E-state index contributed by atoms with van der Waals surface area (Å²) >= 11 is 0. The summed E-state index contributed by atoms with van der Waals surface area (Å²) in [5.74, 6) is 0. The lowest BCUT2D eigenvalue weighted by Gasteiger charge is -2.20. The van der Waals surface area contributed by atoms with E-state index in [1.54, 1.807) is 0 Å². The fourth-order valence-electron chi connectivity index (χ4n) is 2.12. The molecule has 0 saturated carbocycles. The predicted molar refractivity (Wildman–Crippen MR) is 78.1 cm³/mol. The largest absolute Gasteiger partial charge is 0.305 e. The first-order valence-electron chi connectivity index (χ1n) is 6.79. The maximum Gasteiger partial charge on any atom is 0.0801 e. The molecule has 1 aromatic heterocycles. The van der Waals surface area contributed by atoms with Gasteiger partial charge in [0.2, 0.25) is 0 Å². The van der Waals surface area contributed by atoms with Crippen LogP contribution in [0.2, 0.25) is 0 Å². The summed E-state index contributed by atoms with van der Waals surface area (Å²) in [5.41, 5.74) is 4.48. The van der Waals surface area contributed by atoms with Crippen LogP contribution in [0.3, 0.4) is 0 Å². The third kappa shape index (κ3) is 3.38. The molecule has 2 aromatic rings. The van der Waals surface area contributed by atoms with Gasteiger partial charge in [0.1, 0.15) is 0 Å². The normalized spacial score (nSPS) is 12.4. The van der Waals surface area contributed by atoms with Gasteiger partial charge in [-0.15, -0.1) is 0 Å². The molecule has 19 heavy (non-hydrogen) atoms. The molecule has 1 N–H and O–H groups in total. The Morgan fingerprint density at radius 2 is 1.89 bits per heavy atom. The van der Waals surface area contributed by atoms with Crippen molar-refractivity contribution < 1.29 is 0 Å². The molecule has 0 bridgehead atoms. The van der Waals surface area contributed by atoms with Gasteiger partial charge in [0.25, 0.3) is 0 Å². The standard InChI is InChI=1S/C16H21N3/c1-4-9-17-16(14-8-6-5-7-12(14)2)15-11-18-13(3)10-19-15/h5-8,10-11,16-17H,4,9H2,1-3H3. The van der Waals surface area contributed by atoms with Crippen molar-refractivity contribution in [2.24, 2.45) is 0 Å². The molecule has 1 aromatic carbocycles. The summed E-state index contributed by atoms with van der Waals surface area (Å²) in [6.07, 6.45) is 4.80. The summed E-state index contributed by atoms with van der Waals surface area (Å²) in [5, 5.41) is 3.56. The molecule has 0 spiro atoms. The number of aryl methyl sites for hydroxylation is 2. The van der Waals surface area contributed by atoms with Gasteiger partial charge in [-0.3, -0.25) is 9.97 Å². The van der Waals surface area contributed by atoms with Crippen molar-refractivity contribution in [3.63, 3.8) is 0 Å². The third-order valence-corrected chi connectivity index (χ3v) is 3.19. The number of nitrogens with zero attached hydrogens (tertiary/aromatic N) is 2. The van der Waals surface area contributed by atoms with Crippen LogP contribution in [-0.2, 0) is 0 Å². The van der Waals surface area contributed by atoms with Crippen molar-refractivity contribution in [2.75, 3.05) is 6.54 Å². The van der Waals surface area contributed by atoms with Gasteiger partial charge < -0.3 is 5.32 Å². The minimum absolute atomic E-state index is 0.120. The van der Waals surface area contributed by atoms with E-state index in [0.29, 0.717) is 0 Å². The van der Waals surface area contributed by atoms with Crippen LogP contribution in [0.15, 0.2) is 36.7 Å². The zero-order valence-electron chi connectivity index (χ0n) is 11.9. The average molecular weight is 255 g/mol. The summed E-state index contributed by atoms with van der Waals surface area (Å²) in [6, 6.07) is 8.55. The fourth-order valence-corrected chi connectivity index (χ4v) is 2.12.